The quantitative estimate of drug-likeness (QED) is 0.840. The van der Waals surface area contributed by atoms with Crippen LogP contribution in [0.3, 0.4) is 0 Å². The predicted molar refractivity (Wildman–Crippen MR) is 81.5 cm³/mol. The lowest BCUT2D eigenvalue weighted by molar-refractivity contribution is -0.137. The van der Waals surface area contributed by atoms with Crippen molar-refractivity contribution in [2.75, 3.05) is 20.1 Å². The Morgan fingerprint density at radius 3 is 2.73 bits per heavy atom. The first-order chi connectivity index (χ1) is 10.3. The topological polar surface area (TPSA) is 32.3 Å². The number of benzene rings is 1. The molecule has 2 unspecified atom stereocenters. The van der Waals surface area contributed by atoms with Crippen LogP contribution in [0.4, 0.5) is 13.2 Å². The zero-order chi connectivity index (χ0) is 16.3. The molecule has 0 aliphatic carbocycles. The van der Waals surface area contributed by atoms with E-state index in [9.17, 15) is 18.0 Å². The van der Waals surface area contributed by atoms with E-state index in [-0.39, 0.29) is 16.5 Å². The molecule has 1 aromatic rings. The molecule has 2 rings (SSSR count). The van der Waals surface area contributed by atoms with Crippen molar-refractivity contribution >= 4 is 17.7 Å². The third kappa shape index (κ3) is 3.76. The monoisotopic (exact) mass is 332 g/mol. The summed E-state index contributed by atoms with van der Waals surface area (Å²) in [5.41, 5.74) is -0.144. The fraction of sp³-hybridized carbons (Fsp3) is 0.533. The van der Waals surface area contributed by atoms with Crippen molar-refractivity contribution in [3.63, 3.8) is 0 Å². The van der Waals surface area contributed by atoms with Gasteiger partial charge < -0.3 is 10.2 Å². The number of carbonyl (C=O) groups is 1. The molecule has 1 aromatic carbocycles. The molecule has 0 saturated carbocycles. The Kier molecular flexibility index (Phi) is 5.39. The second-order valence-electron chi connectivity index (χ2n) is 5.24. The largest absolute Gasteiger partial charge is 0.416 e. The molecule has 2 atom stereocenters. The minimum absolute atomic E-state index is 0.0106. The summed E-state index contributed by atoms with van der Waals surface area (Å²) in [7, 11) is 1.83. The summed E-state index contributed by atoms with van der Waals surface area (Å²) >= 11 is 1.40. The fourth-order valence-electron chi connectivity index (χ4n) is 2.45. The first-order valence-corrected chi connectivity index (χ1v) is 8.06. The molecule has 0 aromatic heterocycles. The lowest BCUT2D eigenvalue weighted by Gasteiger charge is -2.24. The Morgan fingerprint density at radius 1 is 1.36 bits per heavy atom. The van der Waals surface area contributed by atoms with Gasteiger partial charge in [0.1, 0.15) is 5.37 Å². The average molecular weight is 332 g/mol. The molecular weight excluding hydrogens is 313 g/mol. The molecule has 1 saturated heterocycles. The number of rotatable bonds is 5. The highest BCUT2D eigenvalue weighted by atomic mass is 32.2. The SMILES string of the molecule is CNCCCN1C(=O)C(C)SC1c1cccc(C(F)(F)F)c1. The van der Waals surface area contributed by atoms with Gasteiger partial charge in [-0.1, -0.05) is 12.1 Å². The van der Waals surface area contributed by atoms with Gasteiger partial charge >= 0.3 is 6.18 Å². The highest BCUT2D eigenvalue weighted by molar-refractivity contribution is 8.01. The van der Waals surface area contributed by atoms with E-state index >= 15 is 0 Å². The van der Waals surface area contributed by atoms with Gasteiger partial charge in [-0.2, -0.15) is 13.2 Å². The zero-order valence-corrected chi connectivity index (χ0v) is 13.3. The molecule has 1 fully saturated rings. The predicted octanol–water partition coefficient (Wildman–Crippen LogP) is 3.28. The summed E-state index contributed by atoms with van der Waals surface area (Å²) in [6, 6.07) is 5.26. The van der Waals surface area contributed by atoms with Crippen molar-refractivity contribution in [1.29, 1.82) is 0 Å². The van der Waals surface area contributed by atoms with Gasteiger partial charge in [-0.15, -0.1) is 11.8 Å². The van der Waals surface area contributed by atoms with E-state index in [0.717, 1.165) is 25.1 Å². The van der Waals surface area contributed by atoms with Crippen LogP contribution in [-0.4, -0.2) is 36.2 Å². The first kappa shape index (κ1) is 17.1. The number of halogens is 3. The first-order valence-electron chi connectivity index (χ1n) is 7.12. The maximum absolute atomic E-state index is 12.9. The van der Waals surface area contributed by atoms with Gasteiger partial charge in [-0.05, 0) is 44.6 Å². The summed E-state index contributed by atoms with van der Waals surface area (Å²) in [6.07, 6.45) is -3.60. The van der Waals surface area contributed by atoms with Gasteiger partial charge in [0.15, 0.2) is 0 Å². The van der Waals surface area contributed by atoms with Gasteiger partial charge in [0.25, 0.3) is 0 Å². The normalized spacial score (nSPS) is 22.4. The number of amides is 1. The minimum atomic E-state index is -4.37. The van der Waals surface area contributed by atoms with Gasteiger partial charge in [0.2, 0.25) is 5.91 Å². The van der Waals surface area contributed by atoms with Gasteiger partial charge in [-0.25, -0.2) is 0 Å². The summed E-state index contributed by atoms with van der Waals surface area (Å²) in [5.74, 6) is -0.0106. The minimum Gasteiger partial charge on any atom is -0.326 e. The van der Waals surface area contributed by atoms with Gasteiger partial charge in [0, 0.05) is 6.54 Å². The summed E-state index contributed by atoms with van der Waals surface area (Å²) < 4.78 is 38.6. The van der Waals surface area contributed by atoms with Crippen LogP contribution in [0.15, 0.2) is 24.3 Å². The molecule has 3 nitrogen and oxygen atoms in total. The number of thioether (sulfide) groups is 1. The van der Waals surface area contributed by atoms with E-state index in [0.29, 0.717) is 12.1 Å². The van der Waals surface area contributed by atoms with E-state index in [1.807, 2.05) is 7.05 Å². The van der Waals surface area contributed by atoms with Crippen molar-refractivity contribution in [1.82, 2.24) is 10.2 Å². The molecular formula is C15H19F3N2OS. The van der Waals surface area contributed by atoms with Crippen LogP contribution in [-0.2, 0) is 11.0 Å². The Balaban J connectivity index is 2.23. The van der Waals surface area contributed by atoms with Crippen molar-refractivity contribution in [3.8, 4) is 0 Å². The number of nitrogens with zero attached hydrogens (tertiary/aromatic N) is 1. The summed E-state index contributed by atoms with van der Waals surface area (Å²) in [4.78, 5) is 13.9. The highest BCUT2D eigenvalue weighted by Crippen LogP contribution is 2.44. The molecule has 22 heavy (non-hydrogen) atoms. The molecule has 0 radical (unpaired) electrons. The van der Waals surface area contributed by atoms with E-state index in [2.05, 4.69) is 5.32 Å². The average Bonchev–Trinajstić information content (AvgIpc) is 2.75. The second kappa shape index (κ2) is 6.91. The third-order valence-corrected chi connectivity index (χ3v) is 4.97. The van der Waals surface area contributed by atoms with E-state index in [4.69, 9.17) is 0 Å². The standard InChI is InChI=1S/C15H19F3N2OS/c1-10-13(21)20(8-4-7-19-2)14(22-10)11-5-3-6-12(9-11)15(16,17)18/h3,5-6,9-10,14,19H,4,7-8H2,1-2H3. The molecule has 1 amide bonds. The number of carbonyl (C=O) groups excluding carboxylic acids is 1. The van der Waals surface area contributed by atoms with Gasteiger partial charge in [-0.3, -0.25) is 4.79 Å². The molecule has 1 aliphatic rings. The third-order valence-electron chi connectivity index (χ3n) is 3.57. The Hall–Kier alpha value is -1.21. The van der Waals surface area contributed by atoms with E-state index < -0.39 is 11.7 Å². The number of hydrogen-bond donors (Lipinski definition) is 1. The van der Waals surface area contributed by atoms with Crippen LogP contribution in [0.1, 0.15) is 29.8 Å². The molecule has 1 N–H and O–H groups in total. The molecule has 122 valence electrons. The number of nitrogens with one attached hydrogen (secondary N) is 1. The summed E-state index contributed by atoms with van der Waals surface area (Å²) in [6.45, 7) is 3.10. The Morgan fingerprint density at radius 2 is 2.09 bits per heavy atom. The molecule has 7 heteroatoms. The molecule has 1 heterocycles. The van der Waals surface area contributed by atoms with Crippen LogP contribution >= 0.6 is 11.8 Å². The number of hydrogen-bond acceptors (Lipinski definition) is 3. The maximum Gasteiger partial charge on any atom is 0.416 e. The van der Waals surface area contributed by atoms with Crippen molar-refractivity contribution in [3.05, 3.63) is 35.4 Å². The van der Waals surface area contributed by atoms with Crippen LogP contribution in [0.2, 0.25) is 0 Å². The van der Waals surface area contributed by atoms with Crippen LogP contribution in [0.5, 0.6) is 0 Å². The van der Waals surface area contributed by atoms with Crippen LogP contribution in [0.25, 0.3) is 0 Å². The van der Waals surface area contributed by atoms with Crippen LogP contribution in [0, 0.1) is 0 Å². The zero-order valence-electron chi connectivity index (χ0n) is 12.5. The Labute approximate surface area is 132 Å². The molecule has 0 bridgehead atoms. The molecule has 1 aliphatic heterocycles. The van der Waals surface area contributed by atoms with Crippen molar-refractivity contribution in [2.45, 2.75) is 30.1 Å². The lowest BCUT2D eigenvalue weighted by Crippen LogP contribution is -2.32. The Bertz CT molecular complexity index is 536. The van der Waals surface area contributed by atoms with E-state index in [1.165, 1.54) is 17.8 Å². The lowest BCUT2D eigenvalue weighted by atomic mass is 10.1. The maximum atomic E-state index is 12.9. The fourth-order valence-corrected chi connectivity index (χ4v) is 3.75. The summed E-state index contributed by atoms with van der Waals surface area (Å²) in [5, 5.41) is 2.43. The second-order valence-corrected chi connectivity index (χ2v) is 6.67. The van der Waals surface area contributed by atoms with E-state index in [1.54, 1.807) is 17.9 Å². The van der Waals surface area contributed by atoms with Crippen LogP contribution < -0.4 is 5.32 Å². The smallest absolute Gasteiger partial charge is 0.326 e. The highest BCUT2D eigenvalue weighted by Gasteiger charge is 2.39. The number of alkyl halides is 3. The van der Waals surface area contributed by atoms with Gasteiger partial charge in [0.05, 0.1) is 10.8 Å². The molecule has 0 spiro atoms. The van der Waals surface area contributed by atoms with Crippen molar-refractivity contribution in [2.24, 2.45) is 0 Å². The van der Waals surface area contributed by atoms with Crippen molar-refractivity contribution < 1.29 is 18.0 Å².